The monoisotopic (exact) mass is 144 g/mol. The molecule has 1 rings (SSSR count). The summed E-state index contributed by atoms with van der Waals surface area (Å²) in [5.41, 5.74) is 0. The summed E-state index contributed by atoms with van der Waals surface area (Å²) >= 11 is 5.00. The maximum absolute atomic E-state index is 5.00. The molecule has 0 aliphatic heterocycles. The average molecular weight is 145 g/mol. The van der Waals surface area contributed by atoms with Crippen molar-refractivity contribution in [2.75, 3.05) is 5.88 Å². The molecule has 0 bridgehead atoms. The number of hydrogen-bond acceptors (Lipinski definition) is 2. The van der Waals surface area contributed by atoms with Crippen molar-refractivity contribution in [1.82, 2.24) is 9.97 Å². The Morgan fingerprint density at radius 1 is 1.33 bits per heavy atom. The lowest BCUT2D eigenvalue weighted by molar-refractivity contribution is 1.17. The maximum Gasteiger partial charge on any atom is 0.115 e. The smallest absolute Gasteiger partial charge is 0.115 e. The fraction of sp³-hybridized carbons (Fsp3) is 0.333. The van der Waals surface area contributed by atoms with Crippen LogP contribution in [-0.4, -0.2) is 15.8 Å². The molecule has 3 heteroatoms. The van der Waals surface area contributed by atoms with Gasteiger partial charge in [-0.2, -0.15) is 0 Å². The lowest BCUT2D eigenvalue weighted by atomic mass is 10.7. The zero-order valence-corrected chi connectivity index (χ0v) is 6.04. The summed E-state index contributed by atoms with van der Waals surface area (Å²) in [4.78, 5) is 7.35. The predicted octanol–water partition coefficient (Wildman–Crippen LogP) is 1.72. The van der Waals surface area contributed by atoms with E-state index in [0.717, 1.165) is 5.88 Å². The van der Waals surface area contributed by atoms with E-state index in [1.165, 1.54) is 6.33 Å². The van der Waals surface area contributed by atoms with Crippen LogP contribution in [0, 0.1) is 0 Å². The van der Waals surface area contributed by atoms with Crippen molar-refractivity contribution >= 4 is 11.6 Å². The van der Waals surface area contributed by atoms with Gasteiger partial charge in [0, 0.05) is 18.3 Å². The molecule has 0 spiro atoms. The van der Waals surface area contributed by atoms with E-state index in [0.29, 0.717) is 0 Å². The van der Waals surface area contributed by atoms with Crippen LogP contribution in [0.3, 0.4) is 0 Å². The standard InChI is InChI=1S/C4H4N2.C2H5Cl/c1-2-5-4-6-3-1;1-2-3/h1-4H;2H2,1H3. The van der Waals surface area contributed by atoms with Gasteiger partial charge in [-0.25, -0.2) is 9.97 Å². The topological polar surface area (TPSA) is 25.8 Å². The van der Waals surface area contributed by atoms with Crippen LogP contribution < -0.4 is 0 Å². The van der Waals surface area contributed by atoms with Crippen molar-refractivity contribution in [3.63, 3.8) is 0 Å². The molecule has 0 amide bonds. The second-order valence-electron chi connectivity index (χ2n) is 1.17. The molecule has 0 aliphatic rings. The summed E-state index contributed by atoms with van der Waals surface area (Å²) in [5.74, 6) is 0.722. The molecule has 0 saturated heterocycles. The second kappa shape index (κ2) is 7.37. The van der Waals surface area contributed by atoms with Crippen LogP contribution in [0.4, 0.5) is 0 Å². The van der Waals surface area contributed by atoms with Gasteiger partial charge in [-0.05, 0) is 6.07 Å². The molecule has 0 atom stereocenters. The first-order valence-electron chi connectivity index (χ1n) is 2.67. The van der Waals surface area contributed by atoms with Crippen LogP contribution in [0.15, 0.2) is 24.8 Å². The van der Waals surface area contributed by atoms with Crippen LogP contribution in [-0.2, 0) is 0 Å². The van der Waals surface area contributed by atoms with Gasteiger partial charge in [0.15, 0.2) is 0 Å². The van der Waals surface area contributed by atoms with Gasteiger partial charge in [-0.3, -0.25) is 0 Å². The van der Waals surface area contributed by atoms with Crippen LogP contribution in [0.1, 0.15) is 6.92 Å². The van der Waals surface area contributed by atoms with Crippen molar-refractivity contribution in [2.24, 2.45) is 0 Å². The Kier molecular flexibility index (Phi) is 6.85. The van der Waals surface area contributed by atoms with Gasteiger partial charge < -0.3 is 0 Å². The van der Waals surface area contributed by atoms with E-state index >= 15 is 0 Å². The molecule has 0 unspecified atom stereocenters. The van der Waals surface area contributed by atoms with E-state index in [1.54, 1.807) is 18.5 Å². The van der Waals surface area contributed by atoms with E-state index in [9.17, 15) is 0 Å². The Hall–Kier alpha value is -0.630. The van der Waals surface area contributed by atoms with Crippen molar-refractivity contribution in [1.29, 1.82) is 0 Å². The molecule has 0 aliphatic carbocycles. The molecule has 0 fully saturated rings. The van der Waals surface area contributed by atoms with Gasteiger partial charge in [-0.15, -0.1) is 11.6 Å². The highest BCUT2D eigenvalue weighted by Gasteiger charge is 1.59. The van der Waals surface area contributed by atoms with Crippen LogP contribution in [0.25, 0.3) is 0 Å². The number of nitrogens with zero attached hydrogens (tertiary/aromatic N) is 2. The second-order valence-corrected chi connectivity index (χ2v) is 1.71. The lowest BCUT2D eigenvalue weighted by Crippen LogP contribution is -1.66. The highest BCUT2D eigenvalue weighted by molar-refractivity contribution is 6.17. The molecule has 0 N–H and O–H groups in total. The molecule has 0 aromatic carbocycles. The lowest BCUT2D eigenvalue weighted by Gasteiger charge is -1.70. The Labute approximate surface area is 59.9 Å². The molecule has 1 aromatic heterocycles. The minimum absolute atomic E-state index is 0.722. The first kappa shape index (κ1) is 8.37. The Morgan fingerprint density at radius 2 is 1.78 bits per heavy atom. The summed E-state index contributed by atoms with van der Waals surface area (Å²) < 4.78 is 0. The average Bonchev–Trinajstić information content (AvgIpc) is 1.93. The molecule has 50 valence electrons. The van der Waals surface area contributed by atoms with Crippen molar-refractivity contribution in [3.8, 4) is 0 Å². The predicted molar refractivity (Wildman–Crippen MR) is 38.4 cm³/mol. The maximum atomic E-state index is 5.00. The van der Waals surface area contributed by atoms with E-state index in [4.69, 9.17) is 11.6 Å². The molecule has 1 heterocycles. The highest BCUT2D eigenvalue weighted by atomic mass is 35.5. The molecule has 0 radical (unpaired) electrons. The molecule has 9 heavy (non-hydrogen) atoms. The molecule has 0 saturated carbocycles. The minimum atomic E-state index is 0.722. The van der Waals surface area contributed by atoms with Gasteiger partial charge >= 0.3 is 0 Å². The SMILES string of the molecule is CCCl.c1cncnc1. The Morgan fingerprint density at radius 3 is 1.89 bits per heavy atom. The fourth-order valence-corrected chi connectivity index (χ4v) is 0.253. The highest BCUT2D eigenvalue weighted by Crippen LogP contribution is 1.66. The van der Waals surface area contributed by atoms with Crippen LogP contribution in [0.5, 0.6) is 0 Å². The van der Waals surface area contributed by atoms with Gasteiger partial charge in [0.05, 0.1) is 0 Å². The summed E-state index contributed by atoms with van der Waals surface area (Å²) in [6.45, 7) is 1.89. The number of alkyl halides is 1. The zero-order valence-electron chi connectivity index (χ0n) is 5.29. The molecular weight excluding hydrogens is 136 g/mol. The number of halogens is 1. The van der Waals surface area contributed by atoms with E-state index in [-0.39, 0.29) is 0 Å². The number of rotatable bonds is 0. The van der Waals surface area contributed by atoms with Gasteiger partial charge in [-0.1, -0.05) is 6.92 Å². The Balaban J connectivity index is 0.000000187. The number of hydrogen-bond donors (Lipinski definition) is 0. The zero-order chi connectivity index (χ0) is 6.95. The minimum Gasteiger partial charge on any atom is -0.245 e. The summed E-state index contributed by atoms with van der Waals surface area (Å²) in [5, 5.41) is 0. The van der Waals surface area contributed by atoms with Gasteiger partial charge in [0.1, 0.15) is 6.33 Å². The largest absolute Gasteiger partial charge is 0.245 e. The van der Waals surface area contributed by atoms with Crippen molar-refractivity contribution in [2.45, 2.75) is 6.92 Å². The van der Waals surface area contributed by atoms with E-state index in [1.807, 2.05) is 6.92 Å². The van der Waals surface area contributed by atoms with Crippen LogP contribution in [0.2, 0.25) is 0 Å². The normalized spacial score (nSPS) is 7.33. The van der Waals surface area contributed by atoms with Crippen LogP contribution >= 0.6 is 11.6 Å². The third-order valence-electron chi connectivity index (χ3n) is 0.478. The summed E-state index contributed by atoms with van der Waals surface area (Å²) in [7, 11) is 0. The first-order chi connectivity index (χ1) is 4.41. The quantitative estimate of drug-likeness (QED) is 0.519. The van der Waals surface area contributed by atoms with Gasteiger partial charge in [0.2, 0.25) is 0 Å². The van der Waals surface area contributed by atoms with E-state index in [2.05, 4.69) is 9.97 Å². The third kappa shape index (κ3) is 7.37. The van der Waals surface area contributed by atoms with Gasteiger partial charge in [0.25, 0.3) is 0 Å². The van der Waals surface area contributed by atoms with Crippen molar-refractivity contribution < 1.29 is 0 Å². The fourth-order valence-electron chi connectivity index (χ4n) is 0.253. The van der Waals surface area contributed by atoms with Crippen molar-refractivity contribution in [3.05, 3.63) is 24.8 Å². The molecule has 2 nitrogen and oxygen atoms in total. The first-order valence-corrected chi connectivity index (χ1v) is 3.21. The molecule has 1 aromatic rings. The van der Waals surface area contributed by atoms with E-state index < -0.39 is 0 Å². The number of aromatic nitrogens is 2. The Bertz CT molecular complexity index is 93.9. The summed E-state index contributed by atoms with van der Waals surface area (Å²) in [6.07, 6.45) is 4.88. The molecular formula is C6H9ClN2. The summed E-state index contributed by atoms with van der Waals surface area (Å²) in [6, 6.07) is 1.78. The third-order valence-corrected chi connectivity index (χ3v) is 0.478.